The van der Waals surface area contributed by atoms with Crippen LogP contribution in [0.2, 0.25) is 0 Å². The molecule has 0 aliphatic rings. The van der Waals surface area contributed by atoms with Crippen LogP contribution in [0.3, 0.4) is 0 Å². The fraction of sp³-hybridized carbons (Fsp3) is 0.200. The van der Waals surface area contributed by atoms with Gasteiger partial charge in [-0.2, -0.15) is 5.10 Å². The molecular formula is C10H10N2O2. The van der Waals surface area contributed by atoms with Crippen LogP contribution in [0.15, 0.2) is 35.3 Å². The molecule has 2 heterocycles. The van der Waals surface area contributed by atoms with Gasteiger partial charge in [-0.05, 0) is 12.1 Å². The van der Waals surface area contributed by atoms with E-state index in [1.807, 2.05) is 19.3 Å². The van der Waals surface area contributed by atoms with Crippen molar-refractivity contribution in [2.75, 3.05) is 0 Å². The summed E-state index contributed by atoms with van der Waals surface area (Å²) in [5, 5.41) is 4.13. The van der Waals surface area contributed by atoms with Gasteiger partial charge >= 0.3 is 0 Å². The summed E-state index contributed by atoms with van der Waals surface area (Å²) >= 11 is 0. The number of aromatic nitrogens is 2. The Morgan fingerprint density at radius 2 is 2.43 bits per heavy atom. The van der Waals surface area contributed by atoms with Gasteiger partial charge in [0.15, 0.2) is 5.78 Å². The van der Waals surface area contributed by atoms with Crippen LogP contribution in [0, 0.1) is 0 Å². The van der Waals surface area contributed by atoms with E-state index in [4.69, 9.17) is 4.42 Å². The number of ketones is 1. The largest absolute Gasteiger partial charge is 0.472 e. The number of Topliss-reactive ketones (excluding diaryl/α,β-unsaturated/α-hetero) is 1. The summed E-state index contributed by atoms with van der Waals surface area (Å²) in [7, 11) is 1.83. The number of hydrogen-bond acceptors (Lipinski definition) is 3. The highest BCUT2D eigenvalue weighted by molar-refractivity contribution is 5.96. The molecule has 4 nitrogen and oxygen atoms in total. The Kier molecular flexibility index (Phi) is 2.18. The van der Waals surface area contributed by atoms with Gasteiger partial charge in [-0.1, -0.05) is 0 Å². The molecule has 14 heavy (non-hydrogen) atoms. The molecule has 0 N–H and O–H groups in total. The molecule has 0 aromatic carbocycles. The third-order valence-corrected chi connectivity index (χ3v) is 1.95. The Morgan fingerprint density at radius 3 is 3.00 bits per heavy atom. The van der Waals surface area contributed by atoms with E-state index < -0.39 is 0 Å². The topological polar surface area (TPSA) is 48.0 Å². The van der Waals surface area contributed by atoms with E-state index >= 15 is 0 Å². The predicted octanol–water partition coefficient (Wildman–Crippen LogP) is 1.44. The van der Waals surface area contributed by atoms with E-state index in [0.717, 1.165) is 5.69 Å². The molecule has 2 rings (SSSR count). The first-order valence-electron chi connectivity index (χ1n) is 4.29. The first kappa shape index (κ1) is 8.74. The molecule has 0 saturated carbocycles. The number of furan rings is 1. The van der Waals surface area contributed by atoms with Crippen molar-refractivity contribution in [2.24, 2.45) is 7.05 Å². The molecule has 2 aromatic heterocycles. The first-order valence-corrected chi connectivity index (χ1v) is 4.29. The molecule has 0 aliphatic carbocycles. The van der Waals surface area contributed by atoms with Gasteiger partial charge in [0, 0.05) is 13.2 Å². The summed E-state index contributed by atoms with van der Waals surface area (Å²) in [6.07, 6.45) is 5.08. The van der Waals surface area contributed by atoms with Gasteiger partial charge in [0.05, 0.1) is 23.9 Å². The van der Waals surface area contributed by atoms with Crippen LogP contribution < -0.4 is 0 Å². The zero-order chi connectivity index (χ0) is 9.97. The van der Waals surface area contributed by atoms with Gasteiger partial charge in [0.25, 0.3) is 0 Å². The van der Waals surface area contributed by atoms with Gasteiger partial charge < -0.3 is 4.42 Å². The molecule has 4 heteroatoms. The number of nitrogens with zero attached hydrogens (tertiary/aromatic N) is 2. The zero-order valence-electron chi connectivity index (χ0n) is 7.80. The second-order valence-corrected chi connectivity index (χ2v) is 3.09. The van der Waals surface area contributed by atoms with Crippen LogP contribution >= 0.6 is 0 Å². The highest BCUT2D eigenvalue weighted by atomic mass is 16.3. The van der Waals surface area contributed by atoms with Gasteiger partial charge in [-0.3, -0.25) is 9.48 Å². The summed E-state index contributed by atoms with van der Waals surface area (Å²) in [5.74, 6) is 0.0254. The molecule has 0 unspecified atom stereocenters. The molecular weight excluding hydrogens is 180 g/mol. The van der Waals surface area contributed by atoms with Gasteiger partial charge in [0.2, 0.25) is 0 Å². The number of hydrogen-bond donors (Lipinski definition) is 0. The fourth-order valence-electron chi connectivity index (χ4n) is 1.25. The van der Waals surface area contributed by atoms with Crippen LogP contribution in [-0.4, -0.2) is 15.6 Å². The summed E-state index contributed by atoms with van der Waals surface area (Å²) in [6.45, 7) is 0. The molecule has 0 aliphatic heterocycles. The lowest BCUT2D eigenvalue weighted by Gasteiger charge is -1.92. The summed E-state index contributed by atoms with van der Waals surface area (Å²) in [4.78, 5) is 11.6. The standard InChI is InChI=1S/C10H10N2O2/c1-12-4-2-9(11-12)6-10(13)8-3-5-14-7-8/h2-5,7H,6H2,1H3. The normalized spacial score (nSPS) is 10.4. The lowest BCUT2D eigenvalue weighted by atomic mass is 10.1. The number of aryl methyl sites for hydroxylation is 1. The summed E-state index contributed by atoms with van der Waals surface area (Å²) in [5.41, 5.74) is 1.37. The molecule has 0 fully saturated rings. The van der Waals surface area contributed by atoms with Gasteiger partial charge in [-0.15, -0.1) is 0 Å². The molecule has 2 aromatic rings. The van der Waals surface area contributed by atoms with Gasteiger partial charge in [0.1, 0.15) is 6.26 Å². The second kappa shape index (κ2) is 3.49. The Bertz CT molecular complexity index is 429. The van der Waals surface area contributed by atoms with Crippen molar-refractivity contribution in [1.82, 2.24) is 9.78 Å². The smallest absolute Gasteiger partial charge is 0.172 e. The fourth-order valence-corrected chi connectivity index (χ4v) is 1.25. The second-order valence-electron chi connectivity index (χ2n) is 3.09. The number of carbonyl (C=O) groups excluding carboxylic acids is 1. The van der Waals surface area contributed by atoms with Crippen molar-refractivity contribution >= 4 is 5.78 Å². The molecule has 0 saturated heterocycles. The quantitative estimate of drug-likeness (QED) is 0.688. The Labute approximate surface area is 81.1 Å². The van der Waals surface area contributed by atoms with E-state index in [-0.39, 0.29) is 5.78 Å². The summed E-state index contributed by atoms with van der Waals surface area (Å²) < 4.78 is 6.51. The van der Waals surface area contributed by atoms with E-state index in [0.29, 0.717) is 12.0 Å². The summed E-state index contributed by atoms with van der Waals surface area (Å²) in [6, 6.07) is 3.49. The average molecular weight is 190 g/mol. The highest BCUT2D eigenvalue weighted by Crippen LogP contribution is 2.06. The van der Waals surface area contributed by atoms with Crippen LogP contribution in [0.25, 0.3) is 0 Å². The third-order valence-electron chi connectivity index (χ3n) is 1.95. The van der Waals surface area contributed by atoms with E-state index in [2.05, 4.69) is 5.10 Å². The van der Waals surface area contributed by atoms with E-state index in [9.17, 15) is 4.79 Å². The molecule has 0 bridgehead atoms. The third kappa shape index (κ3) is 1.74. The van der Waals surface area contributed by atoms with Crippen LogP contribution in [0.1, 0.15) is 16.1 Å². The van der Waals surface area contributed by atoms with Crippen molar-refractivity contribution in [2.45, 2.75) is 6.42 Å². The maximum Gasteiger partial charge on any atom is 0.172 e. The molecule has 0 atom stereocenters. The number of carbonyl (C=O) groups is 1. The molecule has 0 amide bonds. The molecule has 72 valence electrons. The van der Waals surface area contributed by atoms with Crippen LogP contribution in [0.4, 0.5) is 0 Å². The highest BCUT2D eigenvalue weighted by Gasteiger charge is 2.09. The van der Waals surface area contributed by atoms with Crippen molar-refractivity contribution in [3.05, 3.63) is 42.1 Å². The minimum absolute atomic E-state index is 0.0254. The van der Waals surface area contributed by atoms with Crippen molar-refractivity contribution in [1.29, 1.82) is 0 Å². The maximum atomic E-state index is 11.6. The van der Waals surface area contributed by atoms with Crippen LogP contribution in [-0.2, 0) is 13.5 Å². The Hall–Kier alpha value is -1.84. The van der Waals surface area contributed by atoms with E-state index in [1.54, 1.807) is 10.7 Å². The SMILES string of the molecule is Cn1ccc(CC(=O)c2ccoc2)n1. The maximum absolute atomic E-state index is 11.6. The van der Waals surface area contributed by atoms with Crippen molar-refractivity contribution in [3.8, 4) is 0 Å². The van der Waals surface area contributed by atoms with Crippen LogP contribution in [0.5, 0.6) is 0 Å². The van der Waals surface area contributed by atoms with Crippen molar-refractivity contribution in [3.63, 3.8) is 0 Å². The van der Waals surface area contributed by atoms with E-state index in [1.165, 1.54) is 12.5 Å². The van der Waals surface area contributed by atoms with Gasteiger partial charge in [-0.25, -0.2) is 0 Å². The predicted molar refractivity (Wildman–Crippen MR) is 50.0 cm³/mol. The monoisotopic (exact) mass is 190 g/mol. The zero-order valence-corrected chi connectivity index (χ0v) is 7.80. The minimum Gasteiger partial charge on any atom is -0.472 e. The Morgan fingerprint density at radius 1 is 1.57 bits per heavy atom. The lowest BCUT2D eigenvalue weighted by Crippen LogP contribution is -2.03. The Balaban J connectivity index is 2.09. The van der Waals surface area contributed by atoms with Crippen molar-refractivity contribution < 1.29 is 9.21 Å². The lowest BCUT2D eigenvalue weighted by molar-refractivity contribution is 0.0991. The number of rotatable bonds is 3. The average Bonchev–Trinajstić information content (AvgIpc) is 2.75. The minimum atomic E-state index is 0.0254. The first-order chi connectivity index (χ1) is 6.75. The molecule has 0 radical (unpaired) electrons. The molecule has 0 spiro atoms.